The van der Waals surface area contributed by atoms with Gasteiger partial charge >= 0.3 is 5.97 Å². The van der Waals surface area contributed by atoms with E-state index in [-0.39, 0.29) is 4.90 Å². The minimum atomic E-state index is -3.54. The average molecular weight is 369 g/mol. The Labute approximate surface area is 150 Å². The molecule has 0 bridgehead atoms. The average Bonchev–Trinajstić information content (AvgIpc) is 2.62. The molecule has 0 aliphatic carbocycles. The third kappa shape index (κ3) is 6.07. The third-order valence-electron chi connectivity index (χ3n) is 4.37. The molecular formula is C17H27N3O4S. The summed E-state index contributed by atoms with van der Waals surface area (Å²) in [5.74, 6) is -0.485. The van der Waals surface area contributed by atoms with Crippen molar-refractivity contribution in [2.45, 2.75) is 17.7 Å². The number of methoxy groups -OCH3 is 1. The van der Waals surface area contributed by atoms with E-state index in [1.807, 2.05) is 0 Å². The van der Waals surface area contributed by atoms with E-state index in [0.29, 0.717) is 12.1 Å². The van der Waals surface area contributed by atoms with Crippen molar-refractivity contribution in [3.8, 4) is 0 Å². The quantitative estimate of drug-likeness (QED) is 0.539. The zero-order valence-corrected chi connectivity index (χ0v) is 15.7. The standard InChI is InChI=1S/C17H27N3O4S/c1-19-11-13-20(14-12-19)10-4-3-9-18-25(22,23)16-7-5-15(6-8-16)17(21)24-2/h5-8,18H,3-4,9-14H2,1-2H3. The highest BCUT2D eigenvalue weighted by Crippen LogP contribution is 2.11. The maximum Gasteiger partial charge on any atom is 0.337 e. The second kappa shape index (κ2) is 9.28. The first-order valence-corrected chi connectivity index (χ1v) is 9.99. The van der Waals surface area contributed by atoms with Crippen LogP contribution in [0.1, 0.15) is 23.2 Å². The van der Waals surface area contributed by atoms with Crippen molar-refractivity contribution in [2.24, 2.45) is 0 Å². The van der Waals surface area contributed by atoms with Crippen LogP contribution in [-0.4, -0.2) is 77.6 Å². The van der Waals surface area contributed by atoms with Gasteiger partial charge < -0.3 is 14.5 Å². The minimum Gasteiger partial charge on any atom is -0.465 e. The van der Waals surface area contributed by atoms with E-state index < -0.39 is 16.0 Å². The molecule has 25 heavy (non-hydrogen) atoms. The predicted molar refractivity (Wildman–Crippen MR) is 96.1 cm³/mol. The van der Waals surface area contributed by atoms with E-state index in [1.165, 1.54) is 31.4 Å². The lowest BCUT2D eigenvalue weighted by Gasteiger charge is -2.32. The van der Waals surface area contributed by atoms with Crippen LogP contribution in [0.2, 0.25) is 0 Å². The number of nitrogens with one attached hydrogen (secondary N) is 1. The minimum absolute atomic E-state index is 0.152. The van der Waals surface area contributed by atoms with Crippen molar-refractivity contribution in [1.82, 2.24) is 14.5 Å². The van der Waals surface area contributed by atoms with E-state index in [0.717, 1.165) is 45.6 Å². The molecule has 1 N–H and O–H groups in total. The van der Waals surface area contributed by atoms with Crippen LogP contribution in [0.5, 0.6) is 0 Å². The van der Waals surface area contributed by atoms with Crippen LogP contribution < -0.4 is 4.72 Å². The Hall–Kier alpha value is -1.48. The first-order chi connectivity index (χ1) is 11.9. The van der Waals surface area contributed by atoms with Gasteiger partial charge in [0.1, 0.15) is 0 Å². The fraction of sp³-hybridized carbons (Fsp3) is 0.588. The zero-order chi connectivity index (χ0) is 18.3. The van der Waals surface area contributed by atoms with Gasteiger partial charge in [-0.1, -0.05) is 0 Å². The summed E-state index contributed by atoms with van der Waals surface area (Å²) in [7, 11) is -0.127. The van der Waals surface area contributed by atoms with Gasteiger partial charge in [-0.05, 0) is 50.7 Å². The smallest absolute Gasteiger partial charge is 0.337 e. The molecule has 0 radical (unpaired) electrons. The number of unbranched alkanes of at least 4 members (excludes halogenated alkanes) is 1. The Balaban J connectivity index is 1.73. The van der Waals surface area contributed by atoms with Crippen molar-refractivity contribution in [1.29, 1.82) is 0 Å². The van der Waals surface area contributed by atoms with Crippen LogP contribution in [0, 0.1) is 0 Å². The van der Waals surface area contributed by atoms with Gasteiger partial charge in [0.15, 0.2) is 0 Å². The number of sulfonamides is 1. The highest BCUT2D eigenvalue weighted by Gasteiger charge is 2.15. The van der Waals surface area contributed by atoms with Gasteiger partial charge in [0, 0.05) is 32.7 Å². The first-order valence-electron chi connectivity index (χ1n) is 8.51. The monoisotopic (exact) mass is 369 g/mol. The number of hydrogen-bond donors (Lipinski definition) is 1. The number of esters is 1. The van der Waals surface area contributed by atoms with Gasteiger partial charge in [-0.3, -0.25) is 0 Å². The van der Waals surface area contributed by atoms with E-state index in [2.05, 4.69) is 26.3 Å². The van der Waals surface area contributed by atoms with Gasteiger partial charge in [0.2, 0.25) is 10.0 Å². The van der Waals surface area contributed by atoms with Gasteiger partial charge in [-0.15, -0.1) is 0 Å². The molecule has 8 heteroatoms. The van der Waals surface area contributed by atoms with Crippen molar-refractivity contribution >= 4 is 16.0 Å². The fourth-order valence-electron chi connectivity index (χ4n) is 2.71. The number of carbonyl (C=O) groups excluding carboxylic acids is 1. The van der Waals surface area contributed by atoms with Crippen molar-refractivity contribution in [3.63, 3.8) is 0 Å². The molecule has 1 saturated heterocycles. The normalized spacial score (nSPS) is 16.7. The highest BCUT2D eigenvalue weighted by atomic mass is 32.2. The fourth-order valence-corrected chi connectivity index (χ4v) is 3.78. The molecule has 7 nitrogen and oxygen atoms in total. The van der Waals surface area contributed by atoms with Crippen molar-refractivity contribution in [2.75, 3.05) is 53.4 Å². The first kappa shape index (κ1) is 19.8. The Morgan fingerprint density at radius 1 is 1.12 bits per heavy atom. The molecule has 0 saturated carbocycles. The summed E-state index contributed by atoms with van der Waals surface area (Å²) in [6.07, 6.45) is 1.76. The Morgan fingerprint density at radius 3 is 2.36 bits per heavy atom. The molecule has 0 unspecified atom stereocenters. The maximum absolute atomic E-state index is 12.2. The van der Waals surface area contributed by atoms with Gasteiger partial charge in [-0.2, -0.15) is 0 Å². The lowest BCUT2D eigenvalue weighted by Crippen LogP contribution is -2.44. The molecule has 1 aliphatic rings. The number of piperazine rings is 1. The summed E-state index contributed by atoms with van der Waals surface area (Å²) in [6.45, 7) is 5.75. The molecule has 1 aromatic rings. The lowest BCUT2D eigenvalue weighted by atomic mass is 10.2. The molecule has 1 aromatic carbocycles. The van der Waals surface area contributed by atoms with Crippen LogP contribution in [0.25, 0.3) is 0 Å². The maximum atomic E-state index is 12.2. The Kier molecular flexibility index (Phi) is 7.37. The van der Waals surface area contributed by atoms with Crippen LogP contribution >= 0.6 is 0 Å². The molecular weight excluding hydrogens is 342 g/mol. The molecule has 2 rings (SSSR count). The van der Waals surface area contributed by atoms with E-state index in [1.54, 1.807) is 0 Å². The SMILES string of the molecule is COC(=O)c1ccc(S(=O)(=O)NCCCCN2CCN(C)CC2)cc1. The molecule has 1 fully saturated rings. The number of likely N-dealkylation sites (N-methyl/N-ethyl adjacent to an activating group) is 1. The molecule has 140 valence electrons. The van der Waals surface area contributed by atoms with Gasteiger partial charge in [-0.25, -0.2) is 17.9 Å². The second-order valence-electron chi connectivity index (χ2n) is 6.27. The number of hydrogen-bond acceptors (Lipinski definition) is 6. The summed E-state index contributed by atoms with van der Waals surface area (Å²) >= 11 is 0. The van der Waals surface area contributed by atoms with Gasteiger partial charge in [0.25, 0.3) is 0 Å². The highest BCUT2D eigenvalue weighted by molar-refractivity contribution is 7.89. The Bertz CT molecular complexity index is 653. The topological polar surface area (TPSA) is 78.9 Å². The molecule has 0 spiro atoms. The zero-order valence-electron chi connectivity index (χ0n) is 14.9. The molecule has 0 aromatic heterocycles. The largest absolute Gasteiger partial charge is 0.465 e. The summed E-state index contributed by atoms with van der Waals surface area (Å²) in [4.78, 5) is 16.3. The molecule has 0 amide bonds. The van der Waals surface area contributed by atoms with E-state index >= 15 is 0 Å². The number of rotatable bonds is 8. The summed E-state index contributed by atoms with van der Waals surface area (Å²) in [6, 6.07) is 5.74. The number of ether oxygens (including phenoxy) is 1. The van der Waals surface area contributed by atoms with E-state index in [4.69, 9.17) is 0 Å². The third-order valence-corrected chi connectivity index (χ3v) is 5.85. The number of carbonyl (C=O) groups is 1. The predicted octanol–water partition coefficient (Wildman–Crippen LogP) is 0.779. The van der Waals surface area contributed by atoms with Crippen LogP contribution in [0.3, 0.4) is 0 Å². The lowest BCUT2D eigenvalue weighted by molar-refractivity contribution is 0.0600. The Morgan fingerprint density at radius 2 is 1.76 bits per heavy atom. The summed E-state index contributed by atoms with van der Waals surface area (Å²) in [5.41, 5.74) is 0.327. The van der Waals surface area contributed by atoms with Crippen LogP contribution in [0.4, 0.5) is 0 Å². The summed E-state index contributed by atoms with van der Waals surface area (Å²) < 4.78 is 31.7. The number of nitrogens with zero attached hydrogens (tertiary/aromatic N) is 2. The van der Waals surface area contributed by atoms with Gasteiger partial charge in [0.05, 0.1) is 17.6 Å². The second-order valence-corrected chi connectivity index (χ2v) is 8.03. The van der Waals surface area contributed by atoms with E-state index in [9.17, 15) is 13.2 Å². The van der Waals surface area contributed by atoms with Crippen molar-refractivity contribution in [3.05, 3.63) is 29.8 Å². The van der Waals surface area contributed by atoms with Crippen molar-refractivity contribution < 1.29 is 17.9 Å². The molecule has 0 atom stereocenters. The summed E-state index contributed by atoms with van der Waals surface area (Å²) in [5, 5.41) is 0. The van der Waals surface area contributed by atoms with Crippen LogP contribution in [0.15, 0.2) is 29.2 Å². The van der Waals surface area contributed by atoms with Crippen LogP contribution in [-0.2, 0) is 14.8 Å². The number of benzene rings is 1. The molecule has 1 heterocycles. The molecule has 1 aliphatic heterocycles.